The van der Waals surface area contributed by atoms with Gasteiger partial charge in [0.05, 0.1) is 61.4 Å². The number of nitrogens with one attached hydrogen (secondary N) is 1. The van der Waals surface area contributed by atoms with Crippen LogP contribution in [0.25, 0.3) is 82.9 Å². The molecule has 8 heteroatoms. The van der Waals surface area contributed by atoms with Gasteiger partial charge in [-0.2, -0.15) is 21.0 Å². The Morgan fingerprint density at radius 2 is 0.842 bits per heavy atom. The van der Waals surface area contributed by atoms with Crippen molar-refractivity contribution in [3.05, 3.63) is 243 Å². The van der Waals surface area contributed by atoms with E-state index in [4.69, 9.17) is 4.99 Å². The van der Waals surface area contributed by atoms with Gasteiger partial charge in [0.1, 0.15) is 30.4 Å². The highest BCUT2D eigenvalue weighted by molar-refractivity contribution is 6.16. The summed E-state index contributed by atoms with van der Waals surface area (Å²) in [5.41, 5.74) is 18.3. The maximum Gasteiger partial charge on any atom is 0.145 e. The number of benzene rings is 9. The largest absolute Gasteiger partial charge is 0.360 e. The predicted octanol–water partition coefficient (Wildman–Crippen LogP) is 15.1. The van der Waals surface area contributed by atoms with Crippen LogP contribution in [-0.2, 0) is 10.8 Å². The minimum absolute atomic E-state index is 0.270. The van der Waals surface area contributed by atoms with Gasteiger partial charge in [-0.25, -0.2) is 0 Å². The summed E-state index contributed by atoms with van der Waals surface area (Å²) < 4.78 is 4.17. The van der Waals surface area contributed by atoms with E-state index in [1.807, 2.05) is 84.9 Å². The van der Waals surface area contributed by atoms with Crippen LogP contribution in [0.4, 0.5) is 0 Å². The van der Waals surface area contributed by atoms with Crippen molar-refractivity contribution in [1.29, 1.82) is 21.0 Å². The van der Waals surface area contributed by atoms with E-state index < -0.39 is 6.17 Å². The van der Waals surface area contributed by atoms with Gasteiger partial charge in [0.2, 0.25) is 0 Å². The number of aliphatic imine (C=N–C) groups is 1. The van der Waals surface area contributed by atoms with Crippen LogP contribution in [0.1, 0.15) is 95.1 Å². The number of nitriles is 4. The van der Waals surface area contributed by atoms with Crippen molar-refractivity contribution in [1.82, 2.24) is 14.5 Å². The Hall–Kier alpha value is -10.3. The monoisotopic (exact) mass is 972 g/mol. The third kappa shape index (κ3) is 6.17. The molecule has 9 aromatic carbocycles. The maximum absolute atomic E-state index is 11.2. The molecule has 1 atom stereocenters. The molecule has 8 nitrogen and oxygen atoms in total. The van der Waals surface area contributed by atoms with Gasteiger partial charge in [-0.05, 0) is 117 Å². The lowest BCUT2D eigenvalue weighted by Gasteiger charge is -2.26. The third-order valence-corrected chi connectivity index (χ3v) is 16.5. The molecule has 356 valence electrons. The maximum atomic E-state index is 11.2. The average molecular weight is 973 g/mol. The lowest BCUT2D eigenvalue weighted by atomic mass is 9.82. The third-order valence-electron chi connectivity index (χ3n) is 16.5. The zero-order valence-corrected chi connectivity index (χ0v) is 42.0. The molecule has 1 aliphatic heterocycles. The van der Waals surface area contributed by atoms with Crippen LogP contribution in [-0.4, -0.2) is 14.8 Å². The predicted molar refractivity (Wildman–Crippen MR) is 302 cm³/mol. The minimum Gasteiger partial charge on any atom is -0.360 e. The smallest absolute Gasteiger partial charge is 0.145 e. The van der Waals surface area contributed by atoms with Gasteiger partial charge in [-0.1, -0.05) is 143 Å². The first-order valence-electron chi connectivity index (χ1n) is 25.5. The van der Waals surface area contributed by atoms with E-state index >= 15 is 0 Å². The molecule has 2 aromatic heterocycles. The Morgan fingerprint density at radius 1 is 0.421 bits per heavy atom. The van der Waals surface area contributed by atoms with Crippen LogP contribution in [0.2, 0.25) is 0 Å². The van der Waals surface area contributed by atoms with Gasteiger partial charge in [0.25, 0.3) is 0 Å². The molecule has 3 aliphatic rings. The van der Waals surface area contributed by atoms with Crippen LogP contribution in [0.3, 0.4) is 0 Å². The molecule has 14 rings (SSSR count). The summed E-state index contributed by atoms with van der Waals surface area (Å²) in [4.78, 5) is 5.25. The van der Waals surface area contributed by atoms with Gasteiger partial charge >= 0.3 is 0 Å². The molecule has 76 heavy (non-hydrogen) atoms. The second kappa shape index (κ2) is 16.1. The summed E-state index contributed by atoms with van der Waals surface area (Å²) in [6.07, 6.45) is 1.29. The average Bonchev–Trinajstić information content (AvgIpc) is 4.25. The fourth-order valence-electron chi connectivity index (χ4n) is 12.9. The molecule has 1 unspecified atom stereocenters. The van der Waals surface area contributed by atoms with Crippen LogP contribution in [0, 0.1) is 45.3 Å². The van der Waals surface area contributed by atoms with Gasteiger partial charge in [-0.3, -0.25) is 4.99 Å². The molecule has 0 bridgehead atoms. The molecule has 0 fully saturated rings. The molecule has 1 N–H and O–H groups in total. The summed E-state index contributed by atoms with van der Waals surface area (Å²) >= 11 is 0. The number of hydrogen-bond donors (Lipinski definition) is 1. The molecule has 0 radical (unpaired) electrons. The van der Waals surface area contributed by atoms with Gasteiger partial charge < -0.3 is 14.5 Å². The van der Waals surface area contributed by atoms with Crippen molar-refractivity contribution in [2.75, 3.05) is 0 Å². The number of rotatable bonds is 5. The highest BCUT2D eigenvalue weighted by atomic mass is 15.1. The Morgan fingerprint density at radius 3 is 1.32 bits per heavy atom. The Bertz CT molecular complexity index is 4590. The van der Waals surface area contributed by atoms with Crippen LogP contribution < -0.4 is 5.32 Å². The zero-order valence-electron chi connectivity index (χ0n) is 42.0. The summed E-state index contributed by atoms with van der Waals surface area (Å²) in [6, 6.07) is 69.8. The van der Waals surface area contributed by atoms with Gasteiger partial charge in [0, 0.05) is 49.2 Å². The number of allylic oxidation sites excluding steroid dienone is 1. The van der Waals surface area contributed by atoms with E-state index in [2.05, 4.69) is 163 Å². The Kier molecular flexibility index (Phi) is 9.43. The molecule has 2 aliphatic carbocycles. The van der Waals surface area contributed by atoms with Crippen molar-refractivity contribution in [2.24, 2.45) is 4.99 Å². The van der Waals surface area contributed by atoms with Gasteiger partial charge in [-0.15, -0.1) is 0 Å². The van der Waals surface area contributed by atoms with Gasteiger partial charge in [0.15, 0.2) is 0 Å². The summed E-state index contributed by atoms with van der Waals surface area (Å²) in [5, 5.41) is 52.5. The molecule has 0 saturated heterocycles. The van der Waals surface area contributed by atoms with Crippen molar-refractivity contribution in [2.45, 2.75) is 44.7 Å². The van der Waals surface area contributed by atoms with E-state index in [-0.39, 0.29) is 10.8 Å². The lowest BCUT2D eigenvalue weighted by molar-refractivity contribution is 0.661. The van der Waals surface area contributed by atoms with E-state index in [0.29, 0.717) is 56.2 Å². The first kappa shape index (κ1) is 44.5. The second-order valence-corrected chi connectivity index (χ2v) is 21.2. The normalized spacial score (nSPS) is 15.4. The number of hydrogen-bond acceptors (Lipinski definition) is 6. The van der Waals surface area contributed by atoms with Crippen molar-refractivity contribution in [3.8, 4) is 57.9 Å². The standard InChI is InChI=1S/C68H44N8/c1-67(2)54-22-12-8-18-46(54)50-30-52-48-20-10-14-24-60(48)75(62(52)32-56(50)67)64-42(35-69)26-40(27-43(64)36-70)58-34-59(74-66(73-58)39-16-6-5-7-17-39)41-28-44(37-71)65(45(29-41)38-72)76-61-25-15-11-21-49(61)53-31-51-47-19-9-13-23-55(47)68(3,4)57(51)33-63(53)76/h5-34,66,73H,1-4H3. The van der Waals surface area contributed by atoms with Crippen molar-refractivity contribution in [3.63, 3.8) is 0 Å². The van der Waals surface area contributed by atoms with Crippen molar-refractivity contribution < 1.29 is 0 Å². The fraction of sp³-hybridized carbons (Fsp3) is 0.103. The Labute approximate surface area is 439 Å². The van der Waals surface area contributed by atoms with Crippen LogP contribution in [0.15, 0.2) is 187 Å². The summed E-state index contributed by atoms with van der Waals surface area (Å²) in [7, 11) is 0. The first-order chi connectivity index (χ1) is 37.0. The second-order valence-electron chi connectivity index (χ2n) is 21.2. The van der Waals surface area contributed by atoms with E-state index in [9.17, 15) is 21.0 Å². The molecule has 0 amide bonds. The zero-order chi connectivity index (χ0) is 51.8. The van der Waals surface area contributed by atoms with E-state index in [1.165, 1.54) is 44.5 Å². The van der Waals surface area contributed by atoms with Crippen LogP contribution in [0.5, 0.6) is 0 Å². The highest BCUT2D eigenvalue weighted by Crippen LogP contribution is 2.53. The number of aromatic nitrogens is 2. The quantitative estimate of drug-likeness (QED) is 0.184. The lowest BCUT2D eigenvalue weighted by Crippen LogP contribution is -2.25. The first-order valence-corrected chi connectivity index (χ1v) is 25.5. The van der Waals surface area contributed by atoms with Crippen LogP contribution >= 0.6 is 0 Å². The summed E-state index contributed by atoms with van der Waals surface area (Å²) in [5.74, 6) is 0. The topological polar surface area (TPSA) is 129 Å². The fourth-order valence-corrected chi connectivity index (χ4v) is 12.9. The molecule has 3 heterocycles. The SMILES string of the molecule is CC1(C)c2ccccc2-c2cc3c4ccccc4n(-c4c(C#N)cc(C5=CC(c6cc(C#N)c(-n7c8ccccc8c8cc9c(cc87)C(C)(C)c7ccccc7-9)c(C#N)c6)=NC(c6ccccc6)N5)cc4C#N)c3cc21. The minimum atomic E-state index is -0.596. The number of nitrogens with zero attached hydrogens (tertiary/aromatic N) is 7. The molecule has 0 saturated carbocycles. The number of para-hydroxylation sites is 2. The Balaban J connectivity index is 0.938. The van der Waals surface area contributed by atoms with E-state index in [1.54, 1.807) is 0 Å². The van der Waals surface area contributed by atoms with Crippen molar-refractivity contribution >= 4 is 55.0 Å². The molecular weight excluding hydrogens is 929 g/mol. The number of fused-ring (bicyclic) bond motifs is 12. The molecular formula is C68H44N8. The highest BCUT2D eigenvalue weighted by Gasteiger charge is 2.38. The summed E-state index contributed by atoms with van der Waals surface area (Å²) in [6.45, 7) is 9.02. The molecule has 0 spiro atoms. The van der Waals surface area contributed by atoms with E-state index in [0.717, 1.165) is 49.2 Å². The molecule has 11 aromatic rings.